The molecule has 0 aliphatic rings. The molecular weight excluding hydrogens is 183 g/mol. The van der Waals surface area contributed by atoms with Crippen LogP contribution in [0.25, 0.3) is 0 Å². The Hall–Kier alpha value is -1.22. The average Bonchev–Trinajstić information content (AvgIpc) is 2.16. The van der Waals surface area contributed by atoms with Gasteiger partial charge in [0.25, 0.3) is 0 Å². The van der Waals surface area contributed by atoms with Crippen molar-refractivity contribution in [3.05, 3.63) is 35.6 Å². The molecule has 0 aliphatic carbocycles. The first-order valence-corrected chi connectivity index (χ1v) is 4.50. The van der Waals surface area contributed by atoms with Crippen LogP contribution in [-0.2, 0) is 0 Å². The summed E-state index contributed by atoms with van der Waals surface area (Å²) < 4.78 is 12.5. The van der Waals surface area contributed by atoms with Gasteiger partial charge in [0, 0.05) is 5.56 Å². The summed E-state index contributed by atoms with van der Waals surface area (Å²) in [5.41, 5.74) is 0.340. The average molecular weight is 196 g/mol. The van der Waals surface area contributed by atoms with Crippen LogP contribution in [0.3, 0.4) is 0 Å². The molecule has 14 heavy (non-hydrogen) atoms. The molecule has 1 aromatic carbocycles. The van der Waals surface area contributed by atoms with E-state index in [1.807, 2.05) is 0 Å². The molecule has 0 fully saturated rings. The van der Waals surface area contributed by atoms with E-state index in [0.717, 1.165) is 0 Å². The van der Waals surface area contributed by atoms with E-state index in [0.29, 0.717) is 5.56 Å². The second kappa shape index (κ2) is 4.33. The summed E-state index contributed by atoms with van der Waals surface area (Å²) in [6, 6.07) is 5.17. The smallest absolute Gasteiger partial charge is 0.191 e. The van der Waals surface area contributed by atoms with Crippen molar-refractivity contribution in [2.45, 2.75) is 20.0 Å². The molecule has 0 aromatic heterocycles. The molecule has 0 radical (unpaired) electrons. The van der Waals surface area contributed by atoms with Crippen LogP contribution in [0.5, 0.6) is 0 Å². The van der Waals surface area contributed by atoms with E-state index in [1.54, 1.807) is 13.8 Å². The third kappa shape index (κ3) is 2.39. The van der Waals surface area contributed by atoms with Crippen molar-refractivity contribution in [2.24, 2.45) is 5.92 Å². The SMILES string of the molecule is CC(C)C(O)C(=O)c1ccc(F)cc1. The number of halogens is 1. The van der Waals surface area contributed by atoms with Gasteiger partial charge in [-0.15, -0.1) is 0 Å². The van der Waals surface area contributed by atoms with E-state index in [9.17, 15) is 14.3 Å². The van der Waals surface area contributed by atoms with Gasteiger partial charge in [-0.2, -0.15) is 0 Å². The third-order valence-corrected chi connectivity index (χ3v) is 2.03. The molecule has 0 saturated carbocycles. The summed E-state index contributed by atoms with van der Waals surface area (Å²) in [6.07, 6.45) is -1.01. The number of carbonyl (C=O) groups is 1. The number of hydrogen-bond acceptors (Lipinski definition) is 2. The van der Waals surface area contributed by atoms with Crippen LogP contribution in [0.2, 0.25) is 0 Å². The minimum Gasteiger partial charge on any atom is -0.385 e. The number of aliphatic hydroxyl groups is 1. The number of ketones is 1. The highest BCUT2D eigenvalue weighted by molar-refractivity contribution is 5.99. The monoisotopic (exact) mass is 196 g/mol. The fourth-order valence-corrected chi connectivity index (χ4v) is 1.09. The zero-order valence-corrected chi connectivity index (χ0v) is 8.20. The lowest BCUT2D eigenvalue weighted by molar-refractivity contribution is 0.0648. The zero-order chi connectivity index (χ0) is 10.7. The maximum absolute atomic E-state index is 12.5. The van der Waals surface area contributed by atoms with Crippen molar-refractivity contribution in [2.75, 3.05) is 0 Å². The van der Waals surface area contributed by atoms with Crippen LogP contribution in [0.15, 0.2) is 24.3 Å². The lowest BCUT2D eigenvalue weighted by Gasteiger charge is -2.12. The first kappa shape index (κ1) is 10.9. The van der Waals surface area contributed by atoms with Gasteiger partial charge in [-0.25, -0.2) is 4.39 Å². The highest BCUT2D eigenvalue weighted by atomic mass is 19.1. The first-order chi connectivity index (χ1) is 6.52. The summed E-state index contributed by atoms with van der Waals surface area (Å²) in [7, 11) is 0. The van der Waals surface area contributed by atoms with E-state index in [-0.39, 0.29) is 17.5 Å². The standard InChI is InChI=1S/C11H13FO2/c1-7(2)10(13)11(14)8-3-5-9(12)6-4-8/h3-7,10,13H,1-2H3. The van der Waals surface area contributed by atoms with Crippen molar-refractivity contribution in [1.82, 2.24) is 0 Å². The molecule has 0 heterocycles. The second-order valence-corrected chi connectivity index (χ2v) is 3.56. The molecule has 1 unspecified atom stereocenters. The zero-order valence-electron chi connectivity index (χ0n) is 8.20. The van der Waals surface area contributed by atoms with Gasteiger partial charge in [0.15, 0.2) is 5.78 Å². The topological polar surface area (TPSA) is 37.3 Å². The molecule has 1 aromatic rings. The second-order valence-electron chi connectivity index (χ2n) is 3.56. The van der Waals surface area contributed by atoms with Crippen molar-refractivity contribution < 1.29 is 14.3 Å². The quantitative estimate of drug-likeness (QED) is 0.751. The molecule has 1 atom stereocenters. The van der Waals surface area contributed by atoms with Crippen LogP contribution in [0.4, 0.5) is 4.39 Å². The minimum atomic E-state index is -1.01. The van der Waals surface area contributed by atoms with Gasteiger partial charge in [-0.1, -0.05) is 13.8 Å². The number of benzene rings is 1. The Morgan fingerprint density at radius 2 is 1.79 bits per heavy atom. The maximum atomic E-state index is 12.5. The highest BCUT2D eigenvalue weighted by Gasteiger charge is 2.20. The molecule has 0 bridgehead atoms. The van der Waals surface area contributed by atoms with Gasteiger partial charge in [0.05, 0.1) is 0 Å². The summed E-state index contributed by atoms with van der Waals surface area (Å²) in [5, 5.41) is 9.47. The molecule has 76 valence electrons. The fourth-order valence-electron chi connectivity index (χ4n) is 1.09. The highest BCUT2D eigenvalue weighted by Crippen LogP contribution is 2.11. The number of Topliss-reactive ketones (excluding diaryl/α,β-unsaturated/α-hetero) is 1. The van der Waals surface area contributed by atoms with Crippen molar-refractivity contribution >= 4 is 5.78 Å². The Morgan fingerprint density at radius 3 is 2.21 bits per heavy atom. The fraction of sp³-hybridized carbons (Fsp3) is 0.364. The predicted octanol–water partition coefficient (Wildman–Crippen LogP) is 2.03. The van der Waals surface area contributed by atoms with Gasteiger partial charge in [-0.05, 0) is 30.2 Å². The Bertz CT molecular complexity index is 317. The van der Waals surface area contributed by atoms with Crippen molar-refractivity contribution in [3.63, 3.8) is 0 Å². The van der Waals surface area contributed by atoms with Gasteiger partial charge >= 0.3 is 0 Å². The van der Waals surface area contributed by atoms with Gasteiger partial charge in [0.2, 0.25) is 0 Å². The lowest BCUT2D eigenvalue weighted by Crippen LogP contribution is -2.26. The molecule has 0 spiro atoms. The Morgan fingerprint density at radius 1 is 1.29 bits per heavy atom. The predicted molar refractivity (Wildman–Crippen MR) is 51.6 cm³/mol. The Labute approximate surface area is 82.4 Å². The normalized spacial score (nSPS) is 12.9. The maximum Gasteiger partial charge on any atom is 0.191 e. The Kier molecular flexibility index (Phi) is 3.36. The molecule has 3 heteroatoms. The Balaban J connectivity index is 2.84. The number of rotatable bonds is 3. The number of carbonyl (C=O) groups excluding carboxylic acids is 1. The first-order valence-electron chi connectivity index (χ1n) is 4.50. The van der Waals surface area contributed by atoms with Gasteiger partial charge in [0.1, 0.15) is 11.9 Å². The van der Waals surface area contributed by atoms with Crippen LogP contribution < -0.4 is 0 Å². The number of aliphatic hydroxyl groups excluding tert-OH is 1. The summed E-state index contributed by atoms with van der Waals surface area (Å²) in [5.74, 6) is -0.881. The minimum absolute atomic E-state index is 0.132. The van der Waals surface area contributed by atoms with Crippen molar-refractivity contribution in [1.29, 1.82) is 0 Å². The van der Waals surface area contributed by atoms with Crippen LogP contribution in [-0.4, -0.2) is 17.0 Å². The van der Waals surface area contributed by atoms with Gasteiger partial charge < -0.3 is 5.11 Å². The van der Waals surface area contributed by atoms with E-state index in [4.69, 9.17) is 0 Å². The molecule has 1 rings (SSSR count). The molecule has 0 amide bonds. The largest absolute Gasteiger partial charge is 0.385 e. The summed E-state index contributed by atoms with van der Waals surface area (Å²) >= 11 is 0. The van der Waals surface area contributed by atoms with Crippen LogP contribution in [0.1, 0.15) is 24.2 Å². The molecule has 0 aliphatic heterocycles. The lowest BCUT2D eigenvalue weighted by atomic mass is 9.98. The van der Waals surface area contributed by atoms with E-state index >= 15 is 0 Å². The molecule has 2 nitrogen and oxygen atoms in total. The van der Waals surface area contributed by atoms with E-state index < -0.39 is 6.10 Å². The third-order valence-electron chi connectivity index (χ3n) is 2.03. The number of hydrogen-bond donors (Lipinski definition) is 1. The van der Waals surface area contributed by atoms with Crippen LogP contribution in [0, 0.1) is 11.7 Å². The molecule has 1 N–H and O–H groups in total. The van der Waals surface area contributed by atoms with E-state index in [2.05, 4.69) is 0 Å². The summed E-state index contributed by atoms with van der Waals surface area (Å²) in [6.45, 7) is 3.51. The van der Waals surface area contributed by atoms with Crippen LogP contribution >= 0.6 is 0 Å². The molecular formula is C11H13FO2. The van der Waals surface area contributed by atoms with E-state index in [1.165, 1.54) is 24.3 Å². The summed E-state index contributed by atoms with van der Waals surface area (Å²) in [4.78, 5) is 11.5. The van der Waals surface area contributed by atoms with Crippen molar-refractivity contribution in [3.8, 4) is 0 Å². The van der Waals surface area contributed by atoms with Gasteiger partial charge in [-0.3, -0.25) is 4.79 Å². The molecule has 0 saturated heterocycles.